The zero-order chi connectivity index (χ0) is 10.8. The lowest BCUT2D eigenvalue weighted by molar-refractivity contribution is -0.0139. The predicted molar refractivity (Wildman–Crippen MR) is 58.2 cm³/mol. The van der Waals surface area contributed by atoms with E-state index in [0.717, 1.165) is 16.3 Å². The number of nitrogens with zero attached hydrogens (tertiary/aromatic N) is 3. The predicted octanol–water partition coefficient (Wildman–Crippen LogP) is 0.167. The minimum absolute atomic E-state index is 0.330. The molecule has 1 aliphatic heterocycles. The molecule has 0 unspecified atom stereocenters. The second-order valence-electron chi connectivity index (χ2n) is 3.41. The monoisotopic (exact) mass is 203 g/mol. The van der Waals surface area contributed by atoms with Crippen molar-refractivity contribution in [3.63, 3.8) is 0 Å². The van der Waals surface area contributed by atoms with Crippen LogP contribution in [0.15, 0.2) is 34.3 Å². The van der Waals surface area contributed by atoms with E-state index < -0.39 is 0 Å². The Morgan fingerprint density at radius 3 is 2.87 bits per heavy atom. The number of fused-ring (bicyclic) bond motifs is 1. The number of aliphatic imine (C=N–C) groups is 1. The lowest BCUT2D eigenvalue weighted by Crippen LogP contribution is -2.29. The van der Waals surface area contributed by atoms with Crippen LogP contribution < -0.4 is 10.6 Å². The van der Waals surface area contributed by atoms with Crippen molar-refractivity contribution in [3.8, 4) is 0 Å². The third kappa shape index (κ3) is 1.76. The van der Waals surface area contributed by atoms with Crippen LogP contribution in [0, 0.1) is 0 Å². The van der Waals surface area contributed by atoms with E-state index in [0.29, 0.717) is 12.4 Å². The van der Waals surface area contributed by atoms with Gasteiger partial charge in [0.05, 0.1) is 5.36 Å². The summed E-state index contributed by atoms with van der Waals surface area (Å²) in [5, 5.41) is 12.7. The molecule has 1 heterocycles. The smallest absolute Gasteiger partial charge is 0.145 e. The van der Waals surface area contributed by atoms with Crippen LogP contribution in [0.3, 0.4) is 0 Å². The maximum absolute atomic E-state index is 9.76. The van der Waals surface area contributed by atoms with Crippen LogP contribution in [0.2, 0.25) is 0 Å². The van der Waals surface area contributed by atoms with E-state index in [-0.39, 0.29) is 0 Å². The van der Waals surface area contributed by atoms with Gasteiger partial charge < -0.3 is 0 Å². The summed E-state index contributed by atoms with van der Waals surface area (Å²) in [6, 6.07) is 7.72. The molecule has 15 heavy (non-hydrogen) atoms. The van der Waals surface area contributed by atoms with Gasteiger partial charge in [-0.25, -0.2) is 4.99 Å². The van der Waals surface area contributed by atoms with Crippen LogP contribution in [0.5, 0.6) is 0 Å². The quantitative estimate of drug-likeness (QED) is 0.653. The Morgan fingerprint density at radius 1 is 1.40 bits per heavy atom. The number of hydroxylamine groups is 2. The molecule has 1 N–H and O–H groups in total. The SMILES string of the molecule is CN=C1CN(O)C(C)=c2ccccc2=N1. The summed E-state index contributed by atoms with van der Waals surface area (Å²) in [5.41, 5.74) is 0.799. The Hall–Kier alpha value is -1.68. The highest BCUT2D eigenvalue weighted by molar-refractivity contribution is 5.86. The number of para-hydroxylation sites is 1. The molecule has 1 aromatic carbocycles. The molecule has 0 radical (unpaired) electrons. The maximum Gasteiger partial charge on any atom is 0.145 e. The molecule has 78 valence electrons. The second-order valence-corrected chi connectivity index (χ2v) is 3.41. The van der Waals surface area contributed by atoms with Crippen molar-refractivity contribution >= 4 is 11.5 Å². The molecule has 1 aliphatic rings. The first-order chi connectivity index (χ1) is 7.22. The first-order valence-corrected chi connectivity index (χ1v) is 4.79. The zero-order valence-electron chi connectivity index (χ0n) is 8.81. The van der Waals surface area contributed by atoms with Gasteiger partial charge in [0.2, 0.25) is 0 Å². The first-order valence-electron chi connectivity index (χ1n) is 4.79. The van der Waals surface area contributed by atoms with Crippen LogP contribution >= 0.6 is 0 Å². The largest absolute Gasteiger partial charge is 0.288 e. The number of amidine groups is 1. The van der Waals surface area contributed by atoms with Crippen LogP contribution in [-0.4, -0.2) is 29.7 Å². The Morgan fingerprint density at radius 2 is 2.13 bits per heavy atom. The van der Waals surface area contributed by atoms with Gasteiger partial charge in [0.15, 0.2) is 0 Å². The van der Waals surface area contributed by atoms with E-state index in [1.54, 1.807) is 7.05 Å². The molecule has 0 fully saturated rings. The Labute approximate surface area is 87.9 Å². The van der Waals surface area contributed by atoms with E-state index in [4.69, 9.17) is 0 Å². The molecule has 0 aromatic heterocycles. The average Bonchev–Trinajstić information content (AvgIpc) is 2.38. The van der Waals surface area contributed by atoms with Crippen molar-refractivity contribution in [1.82, 2.24) is 5.06 Å². The molecule has 0 aliphatic carbocycles. The standard InChI is InChI=1S/C11H13N3O/c1-8-9-5-3-4-6-10(9)13-11(12-2)7-14(8)15/h3-6,15H,7H2,1-2H3. The number of hydrogen-bond acceptors (Lipinski definition) is 3. The molecule has 1 aromatic rings. The van der Waals surface area contributed by atoms with Crippen LogP contribution in [0.1, 0.15) is 6.92 Å². The molecule has 0 saturated carbocycles. The summed E-state index contributed by atoms with van der Waals surface area (Å²) in [4.78, 5) is 8.41. The summed E-state index contributed by atoms with van der Waals surface area (Å²) >= 11 is 0. The van der Waals surface area contributed by atoms with E-state index >= 15 is 0 Å². The normalized spacial score (nSPS) is 18.5. The van der Waals surface area contributed by atoms with Gasteiger partial charge in [-0.3, -0.25) is 15.3 Å². The molecule has 0 spiro atoms. The topological polar surface area (TPSA) is 48.2 Å². The van der Waals surface area contributed by atoms with Crippen molar-refractivity contribution in [2.75, 3.05) is 13.6 Å². The van der Waals surface area contributed by atoms with E-state index in [9.17, 15) is 5.21 Å². The van der Waals surface area contributed by atoms with Gasteiger partial charge >= 0.3 is 0 Å². The fourth-order valence-electron chi connectivity index (χ4n) is 1.56. The molecule has 4 heteroatoms. The number of rotatable bonds is 0. The third-order valence-corrected chi connectivity index (χ3v) is 2.48. The van der Waals surface area contributed by atoms with Crippen molar-refractivity contribution in [2.45, 2.75) is 6.92 Å². The Bertz CT molecular complexity index is 519. The summed E-state index contributed by atoms with van der Waals surface area (Å²) in [5.74, 6) is 0.627. The van der Waals surface area contributed by atoms with Gasteiger partial charge in [0, 0.05) is 18.0 Å². The van der Waals surface area contributed by atoms with Gasteiger partial charge in [-0.15, -0.1) is 0 Å². The lowest BCUT2D eigenvalue weighted by atomic mass is 10.2. The summed E-state index contributed by atoms with van der Waals surface area (Å²) in [7, 11) is 1.68. The maximum atomic E-state index is 9.76. The van der Waals surface area contributed by atoms with Gasteiger partial charge in [-0.05, 0) is 13.0 Å². The van der Waals surface area contributed by atoms with E-state index in [1.165, 1.54) is 5.06 Å². The number of benzene rings is 1. The van der Waals surface area contributed by atoms with Crippen LogP contribution in [0.25, 0.3) is 5.70 Å². The Kier molecular flexibility index (Phi) is 2.51. The highest BCUT2D eigenvalue weighted by Gasteiger charge is 2.10. The molecule has 0 amide bonds. The summed E-state index contributed by atoms with van der Waals surface area (Å²) in [6.45, 7) is 2.20. The molecule has 0 atom stereocenters. The minimum atomic E-state index is 0.330. The van der Waals surface area contributed by atoms with Gasteiger partial charge in [-0.1, -0.05) is 18.2 Å². The highest BCUT2D eigenvalue weighted by Crippen LogP contribution is 2.00. The zero-order valence-corrected chi connectivity index (χ0v) is 8.81. The molecule has 2 rings (SSSR count). The highest BCUT2D eigenvalue weighted by atomic mass is 16.5. The third-order valence-electron chi connectivity index (χ3n) is 2.48. The molecular weight excluding hydrogens is 190 g/mol. The fourth-order valence-corrected chi connectivity index (χ4v) is 1.56. The van der Waals surface area contributed by atoms with Gasteiger partial charge in [-0.2, -0.15) is 0 Å². The fraction of sp³-hybridized carbons (Fsp3) is 0.273. The summed E-state index contributed by atoms with van der Waals surface area (Å²) in [6.07, 6.45) is 0. The number of hydrogen-bond donors (Lipinski definition) is 1. The van der Waals surface area contributed by atoms with Gasteiger partial charge in [0.25, 0.3) is 0 Å². The van der Waals surface area contributed by atoms with Crippen molar-refractivity contribution in [2.24, 2.45) is 9.98 Å². The second kappa shape index (κ2) is 3.82. The molecular formula is C11H13N3O. The van der Waals surface area contributed by atoms with Gasteiger partial charge in [0.1, 0.15) is 12.4 Å². The first kappa shape index (κ1) is 9.86. The Balaban J connectivity index is 2.81. The molecule has 4 nitrogen and oxygen atoms in total. The van der Waals surface area contributed by atoms with Crippen LogP contribution in [-0.2, 0) is 0 Å². The lowest BCUT2D eigenvalue weighted by Gasteiger charge is -2.14. The van der Waals surface area contributed by atoms with Crippen molar-refractivity contribution in [1.29, 1.82) is 0 Å². The van der Waals surface area contributed by atoms with Crippen molar-refractivity contribution < 1.29 is 5.21 Å². The van der Waals surface area contributed by atoms with Crippen LogP contribution in [0.4, 0.5) is 0 Å². The molecule has 0 saturated heterocycles. The van der Waals surface area contributed by atoms with E-state index in [1.807, 2.05) is 31.2 Å². The average molecular weight is 203 g/mol. The van der Waals surface area contributed by atoms with Crippen molar-refractivity contribution in [3.05, 3.63) is 34.8 Å². The molecule has 0 bridgehead atoms. The van der Waals surface area contributed by atoms with E-state index in [2.05, 4.69) is 9.98 Å². The minimum Gasteiger partial charge on any atom is -0.288 e. The summed E-state index contributed by atoms with van der Waals surface area (Å²) < 4.78 is 0.